The molecule has 0 nitrogen and oxygen atoms in total. The quantitative estimate of drug-likeness (QED) is 0.351. The zero-order valence-corrected chi connectivity index (χ0v) is 15.4. The van der Waals surface area contributed by atoms with Gasteiger partial charge in [-0.25, -0.2) is 0 Å². The van der Waals surface area contributed by atoms with Gasteiger partial charge in [0.1, 0.15) is 0 Å². The molecular weight excluding hydrogens is 426 g/mol. The Morgan fingerprint density at radius 3 is 1.87 bits per heavy atom. The molecular formula is C12H20I2Si. The standard InChI is InChI=1S/C12H20I2Si/c1-9(13)10-7-5-6-8-11(10)12(14)15(2,3)4/h5-8H2,1-4H3/b10-9-,12-11+. The second-order valence-corrected chi connectivity index (χ2v) is 14.0. The normalized spacial score (nSPS) is 25.2. The Kier molecular flexibility index (Phi) is 5.37. The Balaban J connectivity index is 3.16. The van der Waals surface area contributed by atoms with E-state index in [0.717, 1.165) is 0 Å². The molecule has 1 aliphatic carbocycles. The van der Waals surface area contributed by atoms with Gasteiger partial charge < -0.3 is 0 Å². The van der Waals surface area contributed by atoms with E-state index in [9.17, 15) is 0 Å². The van der Waals surface area contributed by atoms with E-state index in [1.54, 1.807) is 14.3 Å². The highest BCUT2D eigenvalue weighted by Gasteiger charge is 2.24. The zero-order chi connectivity index (χ0) is 11.6. The van der Waals surface area contributed by atoms with E-state index in [-0.39, 0.29) is 0 Å². The van der Waals surface area contributed by atoms with Crippen LogP contribution in [0.4, 0.5) is 0 Å². The Bertz CT molecular complexity index is 304. The summed E-state index contributed by atoms with van der Waals surface area (Å²) in [6.07, 6.45) is 5.40. The van der Waals surface area contributed by atoms with Gasteiger partial charge in [0, 0.05) is 0 Å². The highest BCUT2D eigenvalue weighted by molar-refractivity contribution is 14.1. The van der Waals surface area contributed by atoms with Crippen molar-refractivity contribution in [3.8, 4) is 0 Å². The average Bonchev–Trinajstić information content (AvgIpc) is 2.15. The van der Waals surface area contributed by atoms with Crippen LogP contribution in [0.1, 0.15) is 32.6 Å². The molecule has 1 saturated carbocycles. The minimum atomic E-state index is -1.11. The summed E-state index contributed by atoms with van der Waals surface area (Å²) < 4.78 is 3.21. The van der Waals surface area contributed by atoms with Crippen LogP contribution in [0.5, 0.6) is 0 Å². The van der Waals surface area contributed by atoms with Crippen LogP contribution < -0.4 is 0 Å². The van der Waals surface area contributed by atoms with Crippen LogP contribution in [0.15, 0.2) is 17.9 Å². The largest absolute Gasteiger partial charge is 0.0858 e. The summed E-state index contributed by atoms with van der Waals surface area (Å²) in [6.45, 7) is 9.62. The molecule has 0 aliphatic heterocycles. The van der Waals surface area contributed by atoms with Crippen LogP contribution in [-0.2, 0) is 0 Å². The van der Waals surface area contributed by atoms with E-state index in [4.69, 9.17) is 0 Å². The molecule has 0 radical (unpaired) electrons. The minimum Gasteiger partial charge on any atom is -0.0652 e. The van der Waals surface area contributed by atoms with Crippen molar-refractivity contribution in [2.24, 2.45) is 0 Å². The summed E-state index contributed by atoms with van der Waals surface area (Å²) in [5.41, 5.74) is 3.36. The van der Waals surface area contributed by atoms with E-state index < -0.39 is 8.07 Å². The van der Waals surface area contributed by atoms with Crippen molar-refractivity contribution in [2.75, 3.05) is 0 Å². The van der Waals surface area contributed by atoms with Gasteiger partial charge in [-0.05, 0) is 73.1 Å². The van der Waals surface area contributed by atoms with Crippen molar-refractivity contribution in [2.45, 2.75) is 52.2 Å². The maximum atomic E-state index is 2.62. The first kappa shape index (κ1) is 14.2. The fourth-order valence-electron chi connectivity index (χ4n) is 1.98. The highest BCUT2D eigenvalue weighted by atomic mass is 127. The summed E-state index contributed by atoms with van der Waals surface area (Å²) in [4.78, 5) is 0. The fraction of sp³-hybridized carbons (Fsp3) is 0.667. The number of hydrogen-bond acceptors (Lipinski definition) is 0. The molecule has 1 rings (SSSR count). The molecule has 0 heterocycles. The SMILES string of the molecule is C/C(I)=C1\CCCC\C1=C(\I)[Si](C)(C)C. The Morgan fingerprint density at radius 2 is 1.47 bits per heavy atom. The molecule has 1 fully saturated rings. The molecule has 3 heteroatoms. The number of allylic oxidation sites excluding steroid dienone is 3. The van der Waals surface area contributed by atoms with E-state index in [1.165, 1.54) is 29.3 Å². The zero-order valence-electron chi connectivity index (χ0n) is 10.1. The van der Waals surface area contributed by atoms with Crippen LogP contribution in [0.2, 0.25) is 19.6 Å². The van der Waals surface area contributed by atoms with E-state index in [0.29, 0.717) is 0 Å². The molecule has 0 bridgehead atoms. The summed E-state index contributed by atoms with van der Waals surface area (Å²) in [7, 11) is -1.11. The Morgan fingerprint density at radius 1 is 1.00 bits per heavy atom. The molecule has 0 spiro atoms. The van der Waals surface area contributed by atoms with Crippen molar-refractivity contribution in [3.63, 3.8) is 0 Å². The second-order valence-electron chi connectivity index (χ2n) is 5.26. The molecule has 0 atom stereocenters. The van der Waals surface area contributed by atoms with Crippen molar-refractivity contribution >= 4 is 53.3 Å². The molecule has 0 unspecified atom stereocenters. The lowest BCUT2D eigenvalue weighted by Crippen LogP contribution is -2.23. The first-order valence-corrected chi connectivity index (χ1v) is 11.2. The molecule has 0 aromatic rings. The van der Waals surface area contributed by atoms with Gasteiger partial charge in [0.2, 0.25) is 0 Å². The maximum absolute atomic E-state index is 2.62. The number of rotatable bonds is 1. The van der Waals surface area contributed by atoms with Gasteiger partial charge in [0.05, 0.1) is 8.07 Å². The summed E-state index contributed by atoms with van der Waals surface area (Å²) in [5.74, 6) is 0. The lowest BCUT2D eigenvalue weighted by atomic mass is 9.90. The minimum absolute atomic E-state index is 1.11. The molecule has 0 N–H and O–H groups in total. The molecule has 0 amide bonds. The predicted octanol–water partition coefficient (Wildman–Crippen LogP) is 5.84. The van der Waals surface area contributed by atoms with Crippen LogP contribution in [0, 0.1) is 0 Å². The molecule has 0 aromatic heterocycles. The molecule has 1 aliphatic rings. The Labute approximate surface area is 122 Å². The third kappa shape index (κ3) is 3.83. The van der Waals surface area contributed by atoms with E-state index >= 15 is 0 Å². The van der Waals surface area contributed by atoms with E-state index in [2.05, 4.69) is 71.7 Å². The monoisotopic (exact) mass is 446 g/mol. The van der Waals surface area contributed by atoms with E-state index in [1.807, 2.05) is 0 Å². The second kappa shape index (κ2) is 5.66. The summed E-state index contributed by atoms with van der Waals surface area (Å²) in [5, 5.41) is 0. The third-order valence-corrected chi connectivity index (χ3v) is 10.6. The third-order valence-electron chi connectivity index (χ3n) is 2.81. The molecule has 0 aromatic carbocycles. The topological polar surface area (TPSA) is 0 Å². The lowest BCUT2D eigenvalue weighted by molar-refractivity contribution is 0.678. The van der Waals surface area contributed by atoms with Crippen LogP contribution in [0.3, 0.4) is 0 Å². The number of halogens is 2. The van der Waals surface area contributed by atoms with Gasteiger partial charge in [-0.15, -0.1) is 0 Å². The highest BCUT2D eigenvalue weighted by Crippen LogP contribution is 2.39. The summed E-state index contributed by atoms with van der Waals surface area (Å²) >= 11 is 5.12. The van der Waals surface area contributed by atoms with Crippen molar-refractivity contribution in [1.82, 2.24) is 0 Å². The van der Waals surface area contributed by atoms with Crippen LogP contribution >= 0.6 is 45.2 Å². The molecule has 15 heavy (non-hydrogen) atoms. The van der Waals surface area contributed by atoms with Gasteiger partial charge in [0.25, 0.3) is 0 Å². The molecule has 0 saturated heterocycles. The summed E-state index contributed by atoms with van der Waals surface area (Å²) in [6, 6.07) is 0. The first-order chi connectivity index (χ1) is 6.84. The fourth-order valence-corrected chi connectivity index (χ4v) is 4.35. The van der Waals surface area contributed by atoms with Crippen LogP contribution in [0.25, 0.3) is 0 Å². The smallest absolute Gasteiger partial charge is 0.0652 e. The lowest BCUT2D eigenvalue weighted by Gasteiger charge is -2.26. The average molecular weight is 446 g/mol. The van der Waals surface area contributed by atoms with Crippen molar-refractivity contribution < 1.29 is 0 Å². The van der Waals surface area contributed by atoms with Gasteiger partial charge >= 0.3 is 0 Å². The number of hydrogen-bond donors (Lipinski definition) is 0. The predicted molar refractivity (Wildman–Crippen MR) is 89.6 cm³/mol. The van der Waals surface area contributed by atoms with Gasteiger partial charge in [-0.1, -0.05) is 42.2 Å². The maximum Gasteiger partial charge on any atom is 0.0858 e. The van der Waals surface area contributed by atoms with Crippen molar-refractivity contribution in [1.29, 1.82) is 0 Å². The van der Waals surface area contributed by atoms with Crippen LogP contribution in [-0.4, -0.2) is 8.07 Å². The van der Waals surface area contributed by atoms with Gasteiger partial charge in [-0.2, -0.15) is 0 Å². The molecule has 86 valence electrons. The van der Waals surface area contributed by atoms with Crippen molar-refractivity contribution in [3.05, 3.63) is 17.9 Å². The van der Waals surface area contributed by atoms with Gasteiger partial charge in [-0.3, -0.25) is 0 Å². The Hall–Kier alpha value is 1.16. The van der Waals surface area contributed by atoms with Gasteiger partial charge in [0.15, 0.2) is 0 Å². The first-order valence-electron chi connectivity index (χ1n) is 5.59.